The molecule has 4 rings (SSSR count). The number of hydrogen-bond acceptors (Lipinski definition) is 3. The molecule has 2 bridgehead atoms. The second-order valence-corrected chi connectivity index (χ2v) is 7.64. The topological polar surface area (TPSA) is 83.4 Å². The number of aromatic nitrogens is 1. The molecule has 2 aromatic rings. The molecule has 0 spiro atoms. The predicted molar refractivity (Wildman–Crippen MR) is 106 cm³/mol. The Morgan fingerprint density at radius 3 is 2.66 bits per heavy atom. The summed E-state index contributed by atoms with van der Waals surface area (Å²) in [5.41, 5.74) is 1.52. The molecule has 2 aliphatic heterocycles. The Kier molecular flexibility index (Phi) is 5.33. The van der Waals surface area contributed by atoms with Crippen molar-refractivity contribution in [3.63, 3.8) is 0 Å². The monoisotopic (exact) mass is 398 g/mol. The third-order valence-corrected chi connectivity index (χ3v) is 5.52. The number of piperidine rings is 1. The van der Waals surface area contributed by atoms with Crippen molar-refractivity contribution in [2.75, 3.05) is 25.0 Å². The number of urea groups is 1. The molecule has 2 N–H and O–H groups in total. The first-order valence-corrected chi connectivity index (χ1v) is 9.77. The maximum Gasteiger partial charge on any atom is 0.317 e. The van der Waals surface area contributed by atoms with Crippen LogP contribution in [0.5, 0.6) is 0 Å². The van der Waals surface area contributed by atoms with Gasteiger partial charge in [-0.05, 0) is 42.7 Å². The summed E-state index contributed by atoms with van der Waals surface area (Å²) >= 11 is 0. The number of hydrogen-bond donors (Lipinski definition) is 2. The van der Waals surface area contributed by atoms with Crippen molar-refractivity contribution in [1.29, 1.82) is 0 Å². The highest BCUT2D eigenvalue weighted by atomic mass is 19.1. The van der Waals surface area contributed by atoms with Crippen molar-refractivity contribution < 1.29 is 14.0 Å². The molecule has 8 heteroatoms. The number of halogens is 1. The minimum Gasteiger partial charge on any atom is -0.337 e. The Labute approximate surface area is 167 Å². The lowest BCUT2D eigenvalue weighted by molar-refractivity contribution is -0.116. The molecule has 2 aliphatic rings. The number of fused-ring (bicyclic) bond motifs is 4. The number of nitrogens with one attached hydrogen (secondary N) is 2. The van der Waals surface area contributed by atoms with Crippen molar-refractivity contribution in [2.24, 2.45) is 5.92 Å². The van der Waals surface area contributed by atoms with Gasteiger partial charge >= 0.3 is 6.03 Å². The van der Waals surface area contributed by atoms with Gasteiger partial charge in [0.15, 0.2) is 0 Å². The van der Waals surface area contributed by atoms with Crippen molar-refractivity contribution in [3.05, 3.63) is 64.3 Å². The van der Waals surface area contributed by atoms with Gasteiger partial charge in [-0.1, -0.05) is 6.07 Å². The first kappa shape index (κ1) is 19.2. The molecular weight excluding hydrogens is 375 g/mol. The Morgan fingerprint density at radius 1 is 1.07 bits per heavy atom. The van der Waals surface area contributed by atoms with Gasteiger partial charge in [-0.2, -0.15) is 0 Å². The van der Waals surface area contributed by atoms with Crippen molar-refractivity contribution in [1.82, 2.24) is 14.8 Å². The lowest BCUT2D eigenvalue weighted by Gasteiger charge is -2.42. The largest absolute Gasteiger partial charge is 0.337 e. The van der Waals surface area contributed by atoms with Gasteiger partial charge in [0.2, 0.25) is 5.91 Å². The van der Waals surface area contributed by atoms with Gasteiger partial charge in [-0.15, -0.1) is 0 Å². The highest BCUT2D eigenvalue weighted by Crippen LogP contribution is 2.34. The molecule has 0 aliphatic carbocycles. The fraction of sp³-hybridized carbons (Fsp3) is 0.381. The minimum atomic E-state index is -0.367. The molecule has 152 valence electrons. The molecule has 0 unspecified atom stereocenters. The molecule has 1 aromatic heterocycles. The van der Waals surface area contributed by atoms with E-state index >= 15 is 0 Å². The Bertz CT molecular complexity index is 973. The minimum absolute atomic E-state index is 0.0160. The van der Waals surface area contributed by atoms with E-state index in [4.69, 9.17) is 0 Å². The smallest absolute Gasteiger partial charge is 0.317 e. The van der Waals surface area contributed by atoms with Gasteiger partial charge < -0.3 is 20.1 Å². The maximum absolute atomic E-state index is 12.9. The molecule has 1 fully saturated rings. The van der Waals surface area contributed by atoms with Crippen LogP contribution < -0.4 is 16.2 Å². The number of likely N-dealkylation sites (tertiary alicyclic amines) is 1. The van der Waals surface area contributed by atoms with E-state index in [1.165, 1.54) is 24.3 Å². The van der Waals surface area contributed by atoms with Gasteiger partial charge in [0.25, 0.3) is 5.56 Å². The summed E-state index contributed by atoms with van der Waals surface area (Å²) in [7, 11) is 0. The van der Waals surface area contributed by atoms with E-state index in [2.05, 4.69) is 10.6 Å². The average molecular weight is 398 g/mol. The molecule has 1 saturated heterocycles. The van der Waals surface area contributed by atoms with E-state index < -0.39 is 0 Å². The zero-order valence-electron chi connectivity index (χ0n) is 15.9. The van der Waals surface area contributed by atoms with Crippen molar-refractivity contribution in [3.8, 4) is 0 Å². The van der Waals surface area contributed by atoms with E-state index in [1.54, 1.807) is 17.0 Å². The van der Waals surface area contributed by atoms with Crippen LogP contribution in [0.15, 0.2) is 47.3 Å². The van der Waals surface area contributed by atoms with E-state index in [0.29, 0.717) is 25.3 Å². The van der Waals surface area contributed by atoms with Gasteiger partial charge in [0.05, 0.1) is 0 Å². The summed E-state index contributed by atoms with van der Waals surface area (Å²) in [6.07, 6.45) is 1.11. The summed E-state index contributed by atoms with van der Waals surface area (Å²) < 4.78 is 14.7. The molecule has 3 amide bonds. The van der Waals surface area contributed by atoms with Crippen LogP contribution in [0.4, 0.5) is 14.9 Å². The first-order chi connectivity index (χ1) is 14.0. The van der Waals surface area contributed by atoms with Crippen LogP contribution >= 0.6 is 0 Å². The van der Waals surface area contributed by atoms with Crippen molar-refractivity contribution >= 4 is 17.6 Å². The number of benzene rings is 1. The summed E-state index contributed by atoms with van der Waals surface area (Å²) in [6.45, 7) is 2.02. The number of pyridine rings is 1. The zero-order valence-corrected chi connectivity index (χ0v) is 15.9. The van der Waals surface area contributed by atoms with Gasteiger partial charge in [0, 0.05) is 56.0 Å². The molecule has 2 atom stereocenters. The Morgan fingerprint density at radius 2 is 1.86 bits per heavy atom. The molecule has 0 saturated carbocycles. The van der Waals surface area contributed by atoms with E-state index in [0.717, 1.165) is 12.1 Å². The molecule has 1 aromatic carbocycles. The normalized spacial score (nSPS) is 20.0. The Balaban J connectivity index is 1.28. The van der Waals surface area contributed by atoms with Gasteiger partial charge in [-0.3, -0.25) is 9.59 Å². The standard InChI is InChI=1S/C21H23FN4O3/c22-16-4-6-17(7-5-16)24-19(27)8-9-23-21(29)25-11-14-10-15(13-25)18-2-1-3-20(28)26(18)12-14/h1-7,14-15H,8-13H2,(H,23,29)(H,24,27)/t14-,15-/m0/s1. The number of carbonyl (C=O) groups is 2. The first-order valence-electron chi connectivity index (χ1n) is 9.77. The second kappa shape index (κ2) is 8.06. The number of rotatable bonds is 4. The van der Waals surface area contributed by atoms with Crippen LogP contribution in [0.25, 0.3) is 0 Å². The van der Waals surface area contributed by atoms with E-state index in [9.17, 15) is 18.8 Å². The highest BCUT2D eigenvalue weighted by Gasteiger charge is 2.36. The number of nitrogens with zero attached hydrogens (tertiary/aromatic N) is 2. The fourth-order valence-corrected chi connectivity index (χ4v) is 4.21. The third kappa shape index (κ3) is 4.31. The lowest BCUT2D eigenvalue weighted by atomic mass is 9.83. The zero-order chi connectivity index (χ0) is 20.4. The summed E-state index contributed by atoms with van der Waals surface area (Å²) in [4.78, 5) is 38.4. The van der Waals surface area contributed by atoms with E-state index in [-0.39, 0.29) is 48.1 Å². The third-order valence-electron chi connectivity index (χ3n) is 5.52. The highest BCUT2D eigenvalue weighted by molar-refractivity contribution is 5.91. The predicted octanol–water partition coefficient (Wildman–Crippen LogP) is 2.14. The summed E-state index contributed by atoms with van der Waals surface area (Å²) in [5.74, 6) is -0.201. The Hall–Kier alpha value is -3.16. The van der Waals surface area contributed by atoms with E-state index in [1.807, 2.05) is 10.6 Å². The average Bonchev–Trinajstić information content (AvgIpc) is 2.70. The van der Waals surface area contributed by atoms with Crippen LogP contribution in [-0.4, -0.2) is 41.0 Å². The molecule has 0 radical (unpaired) electrons. The quantitative estimate of drug-likeness (QED) is 0.828. The van der Waals surface area contributed by atoms with Gasteiger partial charge in [0.1, 0.15) is 5.82 Å². The fourth-order valence-electron chi connectivity index (χ4n) is 4.21. The van der Waals surface area contributed by atoms with Crippen LogP contribution in [0.1, 0.15) is 24.5 Å². The second-order valence-electron chi connectivity index (χ2n) is 7.64. The molecular formula is C21H23FN4O3. The molecule has 29 heavy (non-hydrogen) atoms. The molecule has 7 nitrogen and oxygen atoms in total. The van der Waals surface area contributed by atoms with Crippen LogP contribution in [0.2, 0.25) is 0 Å². The number of carbonyl (C=O) groups excluding carboxylic acids is 2. The van der Waals surface area contributed by atoms with Crippen LogP contribution in [-0.2, 0) is 11.3 Å². The van der Waals surface area contributed by atoms with Crippen molar-refractivity contribution in [2.45, 2.75) is 25.3 Å². The maximum atomic E-state index is 12.9. The van der Waals surface area contributed by atoms with Crippen LogP contribution in [0.3, 0.4) is 0 Å². The SMILES string of the molecule is O=C(CCNC(=O)N1C[C@@H]2C[C@@H](C1)c1cccc(=O)n1C2)Nc1ccc(F)cc1. The summed E-state index contributed by atoms with van der Waals surface area (Å²) in [5, 5.41) is 5.47. The number of amides is 3. The number of anilines is 1. The molecule has 3 heterocycles. The van der Waals surface area contributed by atoms with Crippen LogP contribution in [0, 0.1) is 11.7 Å². The lowest BCUT2D eigenvalue weighted by Crippen LogP contribution is -2.52. The summed E-state index contributed by atoms with van der Waals surface area (Å²) in [6, 6.07) is 10.6. The van der Waals surface area contributed by atoms with Gasteiger partial charge in [-0.25, -0.2) is 9.18 Å².